The van der Waals surface area contributed by atoms with Crippen LogP contribution in [0.1, 0.15) is 36.6 Å². The third kappa shape index (κ3) is 1.65. The van der Waals surface area contributed by atoms with E-state index in [-0.39, 0.29) is 11.9 Å². The summed E-state index contributed by atoms with van der Waals surface area (Å²) in [6.07, 6.45) is 2.79. The van der Waals surface area contributed by atoms with Crippen LogP contribution in [-0.2, 0) is 24.2 Å². The van der Waals surface area contributed by atoms with Gasteiger partial charge in [0.05, 0.1) is 5.69 Å². The summed E-state index contributed by atoms with van der Waals surface area (Å²) in [5, 5.41) is 3.34. The Labute approximate surface area is 107 Å². The lowest BCUT2D eigenvalue weighted by atomic mass is 10.1. The van der Waals surface area contributed by atoms with Crippen molar-refractivity contribution >= 4 is 5.91 Å². The molecular weight excluding hydrogens is 228 g/mol. The largest absolute Gasteiger partial charge is 0.344 e. The molecule has 0 saturated carbocycles. The zero-order chi connectivity index (χ0) is 12.7. The van der Waals surface area contributed by atoms with E-state index in [2.05, 4.69) is 16.8 Å². The molecule has 3 rings (SSSR count). The summed E-state index contributed by atoms with van der Waals surface area (Å²) in [5.41, 5.74) is 2.42. The molecule has 5 heteroatoms. The molecule has 1 unspecified atom stereocenters. The fraction of sp³-hybridized carbons (Fsp3) is 0.692. The molecule has 1 aromatic heterocycles. The van der Waals surface area contributed by atoms with Crippen molar-refractivity contribution in [3.63, 3.8) is 0 Å². The number of likely N-dealkylation sites (tertiary alicyclic amines) is 1. The van der Waals surface area contributed by atoms with Crippen molar-refractivity contribution in [2.24, 2.45) is 0 Å². The number of amides is 1. The van der Waals surface area contributed by atoms with Gasteiger partial charge in [0.2, 0.25) is 5.91 Å². The van der Waals surface area contributed by atoms with Crippen LogP contribution >= 0.6 is 0 Å². The van der Waals surface area contributed by atoms with Crippen molar-refractivity contribution in [3.8, 4) is 0 Å². The van der Waals surface area contributed by atoms with E-state index in [1.807, 2.05) is 11.9 Å². The maximum atomic E-state index is 12.2. The minimum Gasteiger partial charge on any atom is -0.344 e. The Morgan fingerprint density at radius 2 is 2.33 bits per heavy atom. The Morgan fingerprint density at radius 3 is 3.00 bits per heavy atom. The molecule has 0 spiro atoms. The van der Waals surface area contributed by atoms with Crippen LogP contribution in [0.25, 0.3) is 0 Å². The quantitative estimate of drug-likeness (QED) is 0.829. The maximum Gasteiger partial charge on any atom is 0.245 e. The van der Waals surface area contributed by atoms with Crippen LogP contribution in [-0.4, -0.2) is 40.5 Å². The highest BCUT2D eigenvalue weighted by atomic mass is 16.2. The number of nitrogens with one attached hydrogen (secondary N) is 1. The summed E-state index contributed by atoms with van der Waals surface area (Å²) < 4.78 is 2.22. The molecule has 0 bridgehead atoms. The zero-order valence-corrected chi connectivity index (χ0v) is 11.1. The standard InChI is InChI=1S/C13H20N4O/c1-3-12-15-9-8-14-6-4-10(9)17(12)11-5-7-16(2)13(11)18/h11,14H,3-8H2,1-2H3. The summed E-state index contributed by atoms with van der Waals surface area (Å²) in [6.45, 7) is 4.80. The molecule has 1 saturated heterocycles. The van der Waals surface area contributed by atoms with E-state index in [1.165, 1.54) is 5.69 Å². The number of likely N-dealkylation sites (N-methyl/N-ethyl adjacent to an activating group) is 1. The van der Waals surface area contributed by atoms with Crippen LogP contribution in [0.5, 0.6) is 0 Å². The molecule has 0 aliphatic carbocycles. The third-order valence-electron chi connectivity index (χ3n) is 4.02. The number of fused-ring (bicyclic) bond motifs is 1. The topological polar surface area (TPSA) is 50.2 Å². The zero-order valence-electron chi connectivity index (χ0n) is 11.1. The van der Waals surface area contributed by atoms with Crippen molar-refractivity contribution in [1.82, 2.24) is 19.8 Å². The second kappa shape index (κ2) is 4.39. The van der Waals surface area contributed by atoms with Crippen LogP contribution in [0, 0.1) is 0 Å². The molecule has 3 heterocycles. The van der Waals surface area contributed by atoms with Gasteiger partial charge in [-0.2, -0.15) is 0 Å². The molecule has 5 nitrogen and oxygen atoms in total. The summed E-state index contributed by atoms with van der Waals surface area (Å²) in [6, 6.07) is -0.0145. The highest BCUT2D eigenvalue weighted by Crippen LogP contribution is 2.28. The molecule has 2 aliphatic heterocycles. The number of rotatable bonds is 2. The van der Waals surface area contributed by atoms with Gasteiger partial charge in [-0.3, -0.25) is 4.79 Å². The van der Waals surface area contributed by atoms with Gasteiger partial charge in [-0.25, -0.2) is 4.98 Å². The first-order valence-electron chi connectivity index (χ1n) is 6.77. The van der Waals surface area contributed by atoms with E-state index in [4.69, 9.17) is 4.98 Å². The molecule has 1 N–H and O–H groups in total. The second-order valence-corrected chi connectivity index (χ2v) is 5.14. The van der Waals surface area contributed by atoms with Crippen molar-refractivity contribution in [2.75, 3.05) is 20.1 Å². The lowest BCUT2D eigenvalue weighted by Crippen LogP contribution is -2.29. The monoisotopic (exact) mass is 248 g/mol. The first-order chi connectivity index (χ1) is 8.72. The van der Waals surface area contributed by atoms with Gasteiger partial charge >= 0.3 is 0 Å². The summed E-state index contributed by atoms with van der Waals surface area (Å²) in [4.78, 5) is 18.8. The molecule has 98 valence electrons. The molecule has 0 aromatic carbocycles. The van der Waals surface area contributed by atoms with E-state index in [0.29, 0.717) is 0 Å². The lowest BCUT2D eigenvalue weighted by molar-refractivity contribution is -0.129. The number of imidazole rings is 1. The van der Waals surface area contributed by atoms with Gasteiger partial charge in [0.1, 0.15) is 11.9 Å². The molecule has 1 amide bonds. The van der Waals surface area contributed by atoms with E-state index >= 15 is 0 Å². The minimum atomic E-state index is -0.0145. The van der Waals surface area contributed by atoms with Gasteiger partial charge in [0.15, 0.2) is 0 Å². The van der Waals surface area contributed by atoms with Crippen molar-refractivity contribution in [2.45, 2.75) is 38.8 Å². The molecule has 1 atom stereocenters. The minimum absolute atomic E-state index is 0.0145. The normalized spacial score (nSPS) is 23.6. The molecule has 2 aliphatic rings. The van der Waals surface area contributed by atoms with E-state index in [9.17, 15) is 4.79 Å². The average molecular weight is 248 g/mol. The van der Waals surface area contributed by atoms with Gasteiger partial charge in [-0.1, -0.05) is 6.92 Å². The Kier molecular flexibility index (Phi) is 2.86. The Hall–Kier alpha value is -1.36. The molecule has 1 aromatic rings. The highest BCUT2D eigenvalue weighted by molar-refractivity contribution is 5.82. The fourth-order valence-corrected chi connectivity index (χ4v) is 3.05. The van der Waals surface area contributed by atoms with Crippen molar-refractivity contribution in [1.29, 1.82) is 0 Å². The lowest BCUT2D eigenvalue weighted by Gasteiger charge is -2.20. The van der Waals surface area contributed by atoms with Gasteiger partial charge in [-0.05, 0) is 6.42 Å². The number of carbonyl (C=O) groups is 1. The Bertz CT molecular complexity index is 480. The van der Waals surface area contributed by atoms with Gasteiger partial charge in [0.25, 0.3) is 0 Å². The molecular formula is C13H20N4O. The average Bonchev–Trinajstić information content (AvgIpc) is 2.91. The van der Waals surface area contributed by atoms with Gasteiger partial charge in [-0.15, -0.1) is 0 Å². The van der Waals surface area contributed by atoms with Crippen LogP contribution in [0.15, 0.2) is 0 Å². The number of hydrogen-bond acceptors (Lipinski definition) is 3. The Morgan fingerprint density at radius 1 is 1.50 bits per heavy atom. The predicted octanol–water partition coefficient (Wildman–Crippen LogP) is 0.494. The number of carbonyl (C=O) groups excluding carboxylic acids is 1. The number of nitrogens with zero attached hydrogens (tertiary/aromatic N) is 3. The smallest absolute Gasteiger partial charge is 0.245 e. The van der Waals surface area contributed by atoms with Crippen molar-refractivity contribution < 1.29 is 4.79 Å². The number of aryl methyl sites for hydroxylation is 1. The Balaban J connectivity index is 2.05. The van der Waals surface area contributed by atoms with Gasteiger partial charge in [0, 0.05) is 45.2 Å². The first-order valence-corrected chi connectivity index (χ1v) is 6.77. The third-order valence-corrected chi connectivity index (χ3v) is 4.02. The molecule has 18 heavy (non-hydrogen) atoms. The van der Waals surface area contributed by atoms with Crippen LogP contribution < -0.4 is 5.32 Å². The van der Waals surface area contributed by atoms with Gasteiger partial charge < -0.3 is 14.8 Å². The molecule has 0 radical (unpaired) electrons. The van der Waals surface area contributed by atoms with E-state index in [0.717, 1.165) is 50.4 Å². The fourth-order valence-electron chi connectivity index (χ4n) is 3.05. The maximum absolute atomic E-state index is 12.2. The summed E-state index contributed by atoms with van der Waals surface area (Å²) in [7, 11) is 1.89. The van der Waals surface area contributed by atoms with Crippen molar-refractivity contribution in [3.05, 3.63) is 17.2 Å². The summed E-state index contributed by atoms with van der Waals surface area (Å²) >= 11 is 0. The van der Waals surface area contributed by atoms with E-state index in [1.54, 1.807) is 0 Å². The number of aromatic nitrogens is 2. The number of hydrogen-bond donors (Lipinski definition) is 1. The van der Waals surface area contributed by atoms with Crippen LogP contribution in [0.2, 0.25) is 0 Å². The van der Waals surface area contributed by atoms with E-state index < -0.39 is 0 Å². The SMILES string of the molecule is CCc1nc2c(n1C1CCN(C)C1=O)CCNC2. The second-order valence-electron chi connectivity index (χ2n) is 5.14. The first kappa shape index (κ1) is 11.7. The highest BCUT2D eigenvalue weighted by Gasteiger charge is 2.34. The van der Waals surface area contributed by atoms with Crippen LogP contribution in [0.4, 0.5) is 0 Å². The summed E-state index contributed by atoms with van der Waals surface area (Å²) in [5.74, 6) is 1.31. The van der Waals surface area contributed by atoms with Crippen LogP contribution in [0.3, 0.4) is 0 Å². The predicted molar refractivity (Wildman–Crippen MR) is 68.3 cm³/mol. The molecule has 1 fully saturated rings.